The van der Waals surface area contributed by atoms with Crippen molar-refractivity contribution in [1.82, 2.24) is 13.9 Å². The van der Waals surface area contributed by atoms with Crippen LogP contribution in [0.4, 0.5) is 4.39 Å². The minimum Gasteiger partial charge on any atom is -0.492 e. The van der Waals surface area contributed by atoms with Crippen LogP contribution in [0.25, 0.3) is 0 Å². The number of benzene rings is 2. The summed E-state index contributed by atoms with van der Waals surface area (Å²) in [5.74, 6) is -0.977. The molecule has 0 unspecified atom stereocenters. The molecule has 0 bridgehead atoms. The van der Waals surface area contributed by atoms with Gasteiger partial charge < -0.3 is 14.8 Å². The van der Waals surface area contributed by atoms with Crippen LogP contribution in [0.15, 0.2) is 53.4 Å². The van der Waals surface area contributed by atoms with E-state index >= 15 is 0 Å². The molecule has 10 nitrogen and oxygen atoms in total. The molecule has 1 amide bonds. The van der Waals surface area contributed by atoms with Gasteiger partial charge in [0.1, 0.15) is 18.2 Å². The van der Waals surface area contributed by atoms with Crippen molar-refractivity contribution >= 4 is 26.0 Å². The van der Waals surface area contributed by atoms with Crippen LogP contribution in [0.3, 0.4) is 0 Å². The molecule has 208 valence electrons. The van der Waals surface area contributed by atoms with E-state index < -0.39 is 31.6 Å². The van der Waals surface area contributed by atoms with Crippen LogP contribution in [0.1, 0.15) is 18.4 Å². The minimum atomic E-state index is -3.68. The lowest BCUT2D eigenvalue weighted by Gasteiger charge is -2.30. The number of nitrogens with one attached hydrogen (secondary N) is 1. The van der Waals surface area contributed by atoms with Crippen molar-refractivity contribution in [2.45, 2.75) is 23.5 Å². The van der Waals surface area contributed by atoms with Gasteiger partial charge in [-0.25, -0.2) is 25.5 Å². The number of morpholine rings is 1. The molecule has 2 aromatic carbocycles. The fourth-order valence-electron chi connectivity index (χ4n) is 4.43. The van der Waals surface area contributed by atoms with E-state index in [1.54, 1.807) is 18.2 Å². The molecule has 38 heavy (non-hydrogen) atoms. The van der Waals surface area contributed by atoms with E-state index in [4.69, 9.17) is 9.47 Å². The van der Waals surface area contributed by atoms with Gasteiger partial charge in [-0.2, -0.15) is 4.31 Å². The Hall–Kier alpha value is -2.58. The molecular weight excluding hydrogens is 537 g/mol. The first-order chi connectivity index (χ1) is 18.2. The molecule has 1 N–H and O–H groups in total. The predicted molar refractivity (Wildman–Crippen MR) is 138 cm³/mol. The molecule has 0 aromatic heterocycles. The molecule has 2 saturated heterocycles. The number of piperidine rings is 1. The number of hydrogen-bond acceptors (Lipinski definition) is 7. The molecular formula is C25H32FN3O7S2. The highest BCUT2D eigenvalue weighted by Gasteiger charge is 2.31. The highest BCUT2D eigenvalue weighted by molar-refractivity contribution is 7.89. The number of sulfonamides is 2. The Balaban J connectivity index is 1.18. The number of ether oxygens (including phenoxy) is 2. The topological polar surface area (TPSA) is 122 Å². The van der Waals surface area contributed by atoms with Gasteiger partial charge >= 0.3 is 0 Å². The van der Waals surface area contributed by atoms with Gasteiger partial charge in [0.25, 0.3) is 0 Å². The zero-order chi connectivity index (χ0) is 27.2. The molecule has 4 rings (SSSR count). The van der Waals surface area contributed by atoms with E-state index in [0.29, 0.717) is 44.9 Å². The number of nitrogens with zero attached hydrogens (tertiary/aromatic N) is 2. The number of halogens is 1. The molecule has 0 radical (unpaired) electrons. The fraction of sp³-hybridized carbons (Fsp3) is 0.480. The zero-order valence-electron chi connectivity index (χ0n) is 20.9. The van der Waals surface area contributed by atoms with Gasteiger partial charge in [-0.15, -0.1) is 0 Å². The average molecular weight is 570 g/mol. The first kappa shape index (κ1) is 28.4. The molecule has 2 aliphatic rings. The summed E-state index contributed by atoms with van der Waals surface area (Å²) < 4.78 is 78.2. The molecule has 13 heteroatoms. The van der Waals surface area contributed by atoms with Gasteiger partial charge in [-0.3, -0.25) is 4.79 Å². The Morgan fingerprint density at radius 2 is 1.61 bits per heavy atom. The smallest absolute Gasteiger partial charge is 0.243 e. The number of carbonyl (C=O) groups excluding carboxylic acids is 1. The normalized spacial score (nSPS) is 18.2. The summed E-state index contributed by atoms with van der Waals surface area (Å²) in [6, 6.07) is 11.9. The molecule has 2 aromatic rings. The molecule has 2 fully saturated rings. The Morgan fingerprint density at radius 3 is 2.26 bits per heavy atom. The average Bonchev–Trinajstić information content (AvgIpc) is 2.93. The third-order valence-electron chi connectivity index (χ3n) is 6.62. The largest absolute Gasteiger partial charge is 0.492 e. The lowest BCUT2D eigenvalue weighted by atomic mass is 9.97. The van der Waals surface area contributed by atoms with Gasteiger partial charge in [0, 0.05) is 37.7 Å². The number of hydrogen-bond donors (Lipinski definition) is 1. The first-order valence-electron chi connectivity index (χ1n) is 12.5. The van der Waals surface area contributed by atoms with E-state index in [-0.39, 0.29) is 48.5 Å². The Labute approximate surface area is 222 Å². The van der Waals surface area contributed by atoms with E-state index in [2.05, 4.69) is 5.32 Å². The van der Waals surface area contributed by atoms with Crippen molar-refractivity contribution in [2.75, 3.05) is 52.5 Å². The molecule has 0 spiro atoms. The quantitative estimate of drug-likeness (QED) is 0.431. The van der Waals surface area contributed by atoms with Crippen LogP contribution >= 0.6 is 0 Å². The van der Waals surface area contributed by atoms with Crippen molar-refractivity contribution in [2.24, 2.45) is 5.92 Å². The Kier molecular flexibility index (Phi) is 9.36. The summed E-state index contributed by atoms with van der Waals surface area (Å²) in [6.45, 7) is 2.23. The lowest BCUT2D eigenvalue weighted by Crippen LogP contribution is -2.44. The van der Waals surface area contributed by atoms with Crippen LogP contribution in [0, 0.1) is 11.7 Å². The maximum Gasteiger partial charge on any atom is 0.243 e. The zero-order valence-corrected chi connectivity index (χ0v) is 22.6. The molecule has 0 aliphatic carbocycles. The van der Waals surface area contributed by atoms with E-state index in [0.717, 1.165) is 0 Å². The number of carbonyl (C=O) groups is 1. The predicted octanol–water partition coefficient (Wildman–Crippen LogP) is 1.58. The van der Waals surface area contributed by atoms with Crippen LogP contribution < -0.4 is 10.1 Å². The maximum atomic E-state index is 13.9. The second-order valence-electron chi connectivity index (χ2n) is 9.15. The van der Waals surface area contributed by atoms with Crippen LogP contribution in [-0.4, -0.2) is 83.9 Å². The summed E-state index contributed by atoms with van der Waals surface area (Å²) >= 11 is 0. The Bertz CT molecular complexity index is 1310. The van der Waals surface area contributed by atoms with Crippen LogP contribution in [-0.2, 0) is 35.3 Å². The number of amides is 1. The van der Waals surface area contributed by atoms with E-state index in [1.165, 1.54) is 38.9 Å². The van der Waals surface area contributed by atoms with Gasteiger partial charge in [0.15, 0.2) is 0 Å². The highest BCUT2D eigenvalue weighted by Crippen LogP contribution is 2.23. The summed E-state index contributed by atoms with van der Waals surface area (Å²) in [5, 5.41) is 2.81. The molecule has 2 aliphatic heterocycles. The van der Waals surface area contributed by atoms with E-state index in [1.807, 2.05) is 0 Å². The minimum absolute atomic E-state index is 0.126. The summed E-state index contributed by atoms with van der Waals surface area (Å²) in [4.78, 5) is 12.7. The standard InChI is InChI=1S/C25H32FN3O7S2/c26-24-4-2-1-3-21(24)19-37(31,32)28-12-9-20(10-13-28)25(30)27-11-16-36-22-5-7-23(8-6-22)38(33,34)29-14-17-35-18-15-29/h1-8,20H,9-19H2,(H,27,30). The monoisotopic (exact) mass is 569 g/mol. The van der Waals surface area contributed by atoms with Crippen molar-refractivity contribution in [1.29, 1.82) is 0 Å². The number of rotatable bonds is 10. The third kappa shape index (κ3) is 7.08. The van der Waals surface area contributed by atoms with Gasteiger partial charge in [0.2, 0.25) is 26.0 Å². The second kappa shape index (κ2) is 12.5. The SMILES string of the molecule is O=C(NCCOc1ccc(S(=O)(=O)N2CCOCC2)cc1)C1CCN(S(=O)(=O)Cc2ccccc2F)CC1. The third-order valence-corrected chi connectivity index (χ3v) is 10.4. The lowest BCUT2D eigenvalue weighted by molar-refractivity contribution is -0.126. The van der Waals surface area contributed by atoms with Gasteiger partial charge in [-0.1, -0.05) is 18.2 Å². The molecule has 2 heterocycles. The van der Waals surface area contributed by atoms with Crippen molar-refractivity contribution < 1.29 is 35.5 Å². The van der Waals surface area contributed by atoms with Crippen molar-refractivity contribution in [3.05, 3.63) is 59.9 Å². The molecule has 0 saturated carbocycles. The van der Waals surface area contributed by atoms with Crippen molar-refractivity contribution in [3.8, 4) is 5.75 Å². The maximum absolute atomic E-state index is 13.9. The summed E-state index contributed by atoms with van der Waals surface area (Å²) in [6.07, 6.45) is 0.755. The highest BCUT2D eigenvalue weighted by atomic mass is 32.2. The fourth-order valence-corrected chi connectivity index (χ4v) is 7.42. The van der Waals surface area contributed by atoms with Crippen LogP contribution in [0.2, 0.25) is 0 Å². The Morgan fingerprint density at radius 1 is 0.947 bits per heavy atom. The first-order valence-corrected chi connectivity index (χ1v) is 15.5. The summed E-state index contributed by atoms with van der Waals surface area (Å²) in [5.41, 5.74) is 0.126. The molecule has 0 atom stereocenters. The van der Waals surface area contributed by atoms with Gasteiger partial charge in [0.05, 0.1) is 30.4 Å². The second-order valence-corrected chi connectivity index (χ2v) is 13.1. The van der Waals surface area contributed by atoms with E-state index in [9.17, 15) is 26.0 Å². The van der Waals surface area contributed by atoms with Crippen molar-refractivity contribution in [3.63, 3.8) is 0 Å². The van der Waals surface area contributed by atoms with Gasteiger partial charge in [-0.05, 0) is 43.2 Å². The van der Waals surface area contributed by atoms with Crippen LogP contribution in [0.5, 0.6) is 5.75 Å². The summed E-state index contributed by atoms with van der Waals surface area (Å²) in [7, 11) is -7.26.